The standard InChI is InChI=1S/C4H9O.Al.Li.3H/c1-4(2,3)5;;;;;/h1-3H3;;;;;/q-1;+1;;;;/p+1. The van der Waals surface area contributed by atoms with Crippen LogP contribution in [0.5, 0.6) is 0 Å². The Morgan fingerprint density at radius 1 is 1.43 bits per heavy atom. The minimum atomic E-state index is 0. The van der Waals surface area contributed by atoms with Gasteiger partial charge < -0.3 is 3.79 Å². The second-order valence-corrected chi connectivity index (χ2v) is 2.72. The Kier molecular flexibility index (Phi) is 6.29. The Labute approximate surface area is 67.2 Å². The first-order chi connectivity index (χ1) is 2.56. The Morgan fingerprint density at radius 2 is 1.57 bits per heavy atom. The maximum atomic E-state index is 5.08. The summed E-state index contributed by atoms with van der Waals surface area (Å²) in [6.45, 7) is 6.17. The van der Waals surface area contributed by atoms with Gasteiger partial charge in [0.05, 0.1) is 0 Å². The summed E-state index contributed by atoms with van der Waals surface area (Å²) in [5.41, 5.74) is 0.103. The van der Waals surface area contributed by atoms with Crippen molar-refractivity contribution in [3.63, 3.8) is 0 Å². The van der Waals surface area contributed by atoms with Crippen molar-refractivity contribution in [1.82, 2.24) is 0 Å². The fourth-order valence-electron chi connectivity index (χ4n) is 0. The van der Waals surface area contributed by atoms with Crippen LogP contribution in [0.2, 0.25) is 0 Å². The average Bonchev–Trinajstić information content (AvgIpc) is 1.35. The summed E-state index contributed by atoms with van der Waals surface area (Å²) in [7, 11) is 0. The molecule has 0 aromatic heterocycles. The van der Waals surface area contributed by atoms with Crippen LogP contribution in [0.15, 0.2) is 0 Å². The van der Waals surface area contributed by atoms with Crippen molar-refractivity contribution in [2.75, 3.05) is 0 Å². The molecule has 0 radical (unpaired) electrons. The number of rotatable bonds is 0. The van der Waals surface area contributed by atoms with Gasteiger partial charge in [-0.3, -0.25) is 0 Å². The molecule has 0 aliphatic heterocycles. The van der Waals surface area contributed by atoms with Gasteiger partial charge in [0.1, 0.15) is 0 Å². The van der Waals surface area contributed by atoms with E-state index in [4.69, 9.17) is 3.79 Å². The molecular formula is C4H13AlLiO+. The summed E-state index contributed by atoms with van der Waals surface area (Å²) >= 11 is 0.848. The van der Waals surface area contributed by atoms with Crippen molar-refractivity contribution in [3.05, 3.63) is 0 Å². The first-order valence-corrected chi connectivity index (χ1v) is 2.93. The normalized spacial score (nSPS) is 10.1. The minimum absolute atomic E-state index is 0. The van der Waals surface area contributed by atoms with Gasteiger partial charge in [-0.2, -0.15) is 0 Å². The fraction of sp³-hybridized carbons (Fsp3) is 1.00. The van der Waals surface area contributed by atoms with Crippen LogP contribution >= 0.6 is 0 Å². The number of hydrogen-bond donors (Lipinski definition) is 0. The molecule has 0 atom stereocenters. The molecule has 0 aliphatic rings. The maximum absolute atomic E-state index is 5.08. The van der Waals surface area contributed by atoms with E-state index in [1.807, 2.05) is 0 Å². The molecule has 0 spiro atoms. The molecule has 0 fully saturated rings. The topological polar surface area (TPSA) is 9.23 Å². The van der Waals surface area contributed by atoms with Gasteiger partial charge in [0.2, 0.25) is 0 Å². The summed E-state index contributed by atoms with van der Waals surface area (Å²) in [5.74, 6) is 0. The number of hydrogen-bond acceptors (Lipinski definition) is 1. The summed E-state index contributed by atoms with van der Waals surface area (Å²) in [6.07, 6.45) is 0. The van der Waals surface area contributed by atoms with Gasteiger partial charge >= 0.3 is 36.9 Å². The Morgan fingerprint density at radius 3 is 1.57 bits per heavy atom. The summed E-state index contributed by atoms with van der Waals surface area (Å²) in [6, 6.07) is 0. The molecule has 1 nitrogen and oxygen atoms in total. The second-order valence-electron chi connectivity index (χ2n) is 2.32. The Bertz CT molecular complexity index is 45.8. The Hall–Kier alpha value is 1.09. The van der Waals surface area contributed by atoms with Crippen molar-refractivity contribution in [2.45, 2.75) is 26.4 Å². The SMILES string of the molecule is CC(C)(C)[O][AlH2].[H+].[LiH]. The molecule has 0 N–H and O–H groups in total. The zero-order valence-electron chi connectivity index (χ0n) is 5.91. The summed E-state index contributed by atoms with van der Waals surface area (Å²) < 4.78 is 5.08. The molecule has 7 heavy (non-hydrogen) atoms. The van der Waals surface area contributed by atoms with Gasteiger partial charge in [0.15, 0.2) is 0 Å². The molecule has 0 aliphatic carbocycles. The van der Waals surface area contributed by atoms with E-state index in [9.17, 15) is 0 Å². The molecule has 0 rings (SSSR count). The predicted octanol–water partition coefficient (Wildman–Crippen LogP) is -0.186. The molecule has 0 heterocycles. The first kappa shape index (κ1) is 11.0. The van der Waals surface area contributed by atoms with Crippen molar-refractivity contribution >= 4 is 35.5 Å². The van der Waals surface area contributed by atoms with E-state index < -0.39 is 0 Å². The van der Waals surface area contributed by atoms with Crippen LogP contribution in [0.1, 0.15) is 22.2 Å². The molecule has 0 bridgehead atoms. The fourth-order valence-corrected chi connectivity index (χ4v) is 0. The van der Waals surface area contributed by atoms with Gasteiger partial charge in [0.25, 0.3) is 0 Å². The Balaban J connectivity index is -0.000000125. The molecule has 0 saturated carbocycles. The zero-order chi connectivity index (χ0) is 5.21. The van der Waals surface area contributed by atoms with Crippen LogP contribution in [0.25, 0.3) is 0 Å². The molecule has 0 unspecified atom stereocenters. The zero-order valence-corrected chi connectivity index (χ0v) is 6.91. The van der Waals surface area contributed by atoms with Crippen LogP contribution in [-0.2, 0) is 3.79 Å². The monoisotopic (exact) mass is 111 g/mol. The second kappa shape index (κ2) is 4.02. The van der Waals surface area contributed by atoms with E-state index in [1.165, 1.54) is 0 Å². The van der Waals surface area contributed by atoms with E-state index in [-0.39, 0.29) is 25.9 Å². The van der Waals surface area contributed by atoms with E-state index in [0.29, 0.717) is 0 Å². The van der Waals surface area contributed by atoms with Crippen molar-refractivity contribution in [2.24, 2.45) is 0 Å². The summed E-state index contributed by atoms with van der Waals surface area (Å²) in [5, 5.41) is 0. The van der Waals surface area contributed by atoms with Crippen LogP contribution in [0.4, 0.5) is 0 Å². The van der Waals surface area contributed by atoms with E-state index >= 15 is 0 Å². The van der Waals surface area contributed by atoms with Crippen molar-refractivity contribution < 1.29 is 5.22 Å². The quantitative estimate of drug-likeness (QED) is 0.394. The summed E-state index contributed by atoms with van der Waals surface area (Å²) in [4.78, 5) is 0. The van der Waals surface area contributed by atoms with Crippen LogP contribution < -0.4 is 0 Å². The molecule has 0 aromatic carbocycles. The van der Waals surface area contributed by atoms with E-state index in [1.54, 1.807) is 0 Å². The van der Waals surface area contributed by atoms with Crippen LogP contribution in [0, 0.1) is 0 Å². The first-order valence-electron chi connectivity index (χ1n) is 2.11. The molecule has 3 heteroatoms. The van der Waals surface area contributed by atoms with Crippen molar-refractivity contribution in [1.29, 1.82) is 0 Å². The molecular weight excluding hydrogens is 98.0 g/mol. The molecule has 0 amide bonds. The van der Waals surface area contributed by atoms with Gasteiger partial charge in [0, 0.05) is 5.60 Å². The third-order valence-corrected chi connectivity index (χ3v) is 1.84. The molecule has 0 aromatic rings. The third-order valence-electron chi connectivity index (χ3n) is 0.612. The average molecular weight is 111 g/mol. The van der Waals surface area contributed by atoms with Crippen LogP contribution in [0.3, 0.4) is 0 Å². The van der Waals surface area contributed by atoms with Crippen molar-refractivity contribution in [3.8, 4) is 0 Å². The third kappa shape index (κ3) is 11.0. The molecule has 38 valence electrons. The van der Waals surface area contributed by atoms with Crippen LogP contribution in [-0.4, -0.2) is 41.1 Å². The van der Waals surface area contributed by atoms with Gasteiger partial charge in [-0.15, -0.1) is 0 Å². The van der Waals surface area contributed by atoms with Gasteiger partial charge in [-0.1, -0.05) is 0 Å². The van der Waals surface area contributed by atoms with E-state index in [2.05, 4.69) is 20.8 Å². The van der Waals surface area contributed by atoms with Gasteiger partial charge in [-0.05, 0) is 20.8 Å². The predicted molar refractivity (Wildman–Crippen MR) is 37.6 cm³/mol. The molecule has 0 saturated heterocycles. The van der Waals surface area contributed by atoms with E-state index in [0.717, 1.165) is 16.6 Å². The van der Waals surface area contributed by atoms with Gasteiger partial charge in [-0.25, -0.2) is 0 Å².